The fraction of sp³-hybridized carbons (Fsp3) is 0.387. The second kappa shape index (κ2) is 12.5. The van der Waals surface area contributed by atoms with Gasteiger partial charge in [0.2, 0.25) is 28.1 Å². The number of amides is 3. The number of ether oxygens (including phenoxy) is 1. The van der Waals surface area contributed by atoms with Crippen LogP contribution in [0.3, 0.4) is 0 Å². The van der Waals surface area contributed by atoms with Crippen molar-refractivity contribution >= 4 is 44.5 Å². The molecule has 3 saturated heterocycles. The van der Waals surface area contributed by atoms with Gasteiger partial charge in [0.05, 0.1) is 11.3 Å². The van der Waals surface area contributed by atoms with E-state index in [1.54, 1.807) is 36.4 Å². The van der Waals surface area contributed by atoms with E-state index in [9.17, 15) is 32.7 Å². The molecular formula is C31H33N5O8S. The summed E-state index contributed by atoms with van der Waals surface area (Å²) in [6.45, 7) is -0.416. The topological polar surface area (TPSA) is 175 Å². The number of pyridine rings is 1. The lowest BCUT2D eigenvalue weighted by molar-refractivity contribution is -0.156. The Morgan fingerprint density at radius 2 is 1.67 bits per heavy atom. The summed E-state index contributed by atoms with van der Waals surface area (Å²) in [7, 11) is -4.04. The number of esters is 1. The Morgan fingerprint density at radius 3 is 2.42 bits per heavy atom. The quantitative estimate of drug-likeness (QED) is 0.333. The first-order chi connectivity index (χ1) is 21.6. The first-order valence-electron chi connectivity index (χ1n) is 14.8. The lowest BCUT2D eigenvalue weighted by atomic mass is 9.94. The highest BCUT2D eigenvalue weighted by molar-refractivity contribution is 7.89. The SMILES string of the molecule is O=C1CC(NC(=O)[C@@H]2CN(S(=O)(=O)c3ccccc3)C[C@@H]3CCCC[C@H](NC(=O)c4nccc5ccccc45)C(=O)N32)C(O)O1. The molecule has 5 atom stereocenters. The number of hydrogen-bond donors (Lipinski definition) is 3. The number of fused-ring (bicyclic) bond motifs is 2. The smallest absolute Gasteiger partial charge is 0.310 e. The summed E-state index contributed by atoms with van der Waals surface area (Å²) in [4.78, 5) is 59.0. The van der Waals surface area contributed by atoms with E-state index in [0.717, 1.165) is 5.39 Å². The van der Waals surface area contributed by atoms with Crippen molar-refractivity contribution in [2.45, 2.75) is 67.5 Å². The highest BCUT2D eigenvalue weighted by Crippen LogP contribution is 2.30. The Balaban J connectivity index is 1.31. The van der Waals surface area contributed by atoms with E-state index < -0.39 is 64.2 Å². The zero-order valence-corrected chi connectivity index (χ0v) is 25.1. The van der Waals surface area contributed by atoms with Crippen molar-refractivity contribution < 1.29 is 37.4 Å². The molecule has 6 rings (SSSR count). The summed E-state index contributed by atoms with van der Waals surface area (Å²) >= 11 is 0. The lowest BCUT2D eigenvalue weighted by Gasteiger charge is -2.47. The molecule has 4 heterocycles. The Morgan fingerprint density at radius 1 is 0.933 bits per heavy atom. The van der Waals surface area contributed by atoms with Gasteiger partial charge in [-0.1, -0.05) is 55.3 Å². The molecule has 0 radical (unpaired) electrons. The van der Waals surface area contributed by atoms with Gasteiger partial charge >= 0.3 is 5.97 Å². The molecule has 3 amide bonds. The van der Waals surface area contributed by atoms with Gasteiger partial charge in [0, 0.05) is 30.7 Å². The van der Waals surface area contributed by atoms with Crippen molar-refractivity contribution in [3.05, 3.63) is 72.6 Å². The summed E-state index contributed by atoms with van der Waals surface area (Å²) in [5, 5.41) is 17.0. The van der Waals surface area contributed by atoms with Crippen molar-refractivity contribution in [2.75, 3.05) is 13.1 Å². The minimum atomic E-state index is -4.04. The minimum absolute atomic E-state index is 0.0488. The number of cyclic esters (lactones) is 1. The van der Waals surface area contributed by atoms with Crippen molar-refractivity contribution in [3.63, 3.8) is 0 Å². The number of carbonyl (C=O) groups excluding carboxylic acids is 4. The normalized spacial score (nSPS) is 26.0. The van der Waals surface area contributed by atoms with Crippen LogP contribution in [0, 0.1) is 0 Å². The van der Waals surface area contributed by atoms with Gasteiger partial charge in [0.15, 0.2) is 0 Å². The van der Waals surface area contributed by atoms with Crippen LogP contribution >= 0.6 is 0 Å². The molecule has 3 N–H and O–H groups in total. The molecule has 14 heteroatoms. The van der Waals surface area contributed by atoms with Gasteiger partial charge < -0.3 is 25.4 Å². The number of carbonyl (C=O) groups is 4. The van der Waals surface area contributed by atoms with Gasteiger partial charge in [-0.15, -0.1) is 0 Å². The largest absolute Gasteiger partial charge is 0.434 e. The molecular weight excluding hydrogens is 602 g/mol. The number of nitrogens with one attached hydrogen (secondary N) is 2. The highest BCUT2D eigenvalue weighted by Gasteiger charge is 2.48. The first kappa shape index (κ1) is 30.6. The molecule has 3 fully saturated rings. The van der Waals surface area contributed by atoms with Gasteiger partial charge in [-0.3, -0.25) is 24.2 Å². The molecule has 2 aromatic carbocycles. The average Bonchev–Trinajstić information content (AvgIpc) is 3.36. The second-order valence-electron chi connectivity index (χ2n) is 11.4. The summed E-state index contributed by atoms with van der Waals surface area (Å²) in [5.74, 6) is -2.51. The van der Waals surface area contributed by atoms with E-state index in [1.807, 2.05) is 12.1 Å². The van der Waals surface area contributed by atoms with Gasteiger partial charge in [-0.2, -0.15) is 4.31 Å². The predicted molar refractivity (Wildman–Crippen MR) is 160 cm³/mol. The number of hydrogen-bond acceptors (Lipinski definition) is 9. The number of piperazine rings is 1. The van der Waals surface area contributed by atoms with Crippen LogP contribution in [-0.2, 0) is 29.1 Å². The van der Waals surface area contributed by atoms with E-state index in [4.69, 9.17) is 4.74 Å². The third-order valence-electron chi connectivity index (χ3n) is 8.54. The van der Waals surface area contributed by atoms with Crippen LogP contribution in [0.25, 0.3) is 10.8 Å². The molecule has 0 bridgehead atoms. The summed E-state index contributed by atoms with van der Waals surface area (Å²) < 4.78 is 33.4. The Labute approximate surface area is 259 Å². The molecule has 3 aliphatic rings. The molecule has 0 spiro atoms. The molecule has 45 heavy (non-hydrogen) atoms. The van der Waals surface area contributed by atoms with E-state index in [0.29, 0.717) is 31.1 Å². The predicted octanol–water partition coefficient (Wildman–Crippen LogP) is 0.928. The molecule has 2 unspecified atom stereocenters. The summed E-state index contributed by atoms with van der Waals surface area (Å²) in [5.41, 5.74) is 0.160. The molecule has 3 aliphatic heterocycles. The Kier molecular flexibility index (Phi) is 8.53. The van der Waals surface area contributed by atoms with Crippen LogP contribution < -0.4 is 10.6 Å². The zero-order chi connectivity index (χ0) is 31.7. The average molecular weight is 636 g/mol. The van der Waals surface area contributed by atoms with Crippen LogP contribution in [0.2, 0.25) is 0 Å². The van der Waals surface area contributed by atoms with Crippen molar-refractivity contribution in [1.82, 2.24) is 24.8 Å². The Bertz CT molecular complexity index is 1730. The van der Waals surface area contributed by atoms with Crippen molar-refractivity contribution in [1.29, 1.82) is 0 Å². The maximum Gasteiger partial charge on any atom is 0.310 e. The van der Waals surface area contributed by atoms with Gasteiger partial charge in [-0.05, 0) is 36.4 Å². The van der Waals surface area contributed by atoms with E-state index >= 15 is 0 Å². The second-order valence-corrected chi connectivity index (χ2v) is 13.4. The minimum Gasteiger partial charge on any atom is -0.434 e. The third kappa shape index (κ3) is 6.13. The zero-order valence-electron chi connectivity index (χ0n) is 24.2. The number of rotatable bonds is 6. The molecule has 0 saturated carbocycles. The molecule has 3 aromatic rings. The summed E-state index contributed by atoms with van der Waals surface area (Å²) in [6.07, 6.45) is 1.60. The van der Waals surface area contributed by atoms with Gasteiger partial charge in [-0.25, -0.2) is 8.42 Å². The maximum absolute atomic E-state index is 14.3. The van der Waals surface area contributed by atoms with E-state index in [1.165, 1.54) is 27.5 Å². The summed E-state index contributed by atoms with van der Waals surface area (Å²) in [6, 6.07) is 12.8. The monoisotopic (exact) mass is 635 g/mol. The van der Waals surface area contributed by atoms with Crippen LogP contribution in [-0.4, -0.2) is 95.0 Å². The Hall–Kier alpha value is -4.40. The fourth-order valence-electron chi connectivity index (χ4n) is 6.28. The number of sulfonamides is 1. The van der Waals surface area contributed by atoms with Crippen LogP contribution in [0.1, 0.15) is 42.6 Å². The van der Waals surface area contributed by atoms with Crippen LogP contribution in [0.4, 0.5) is 0 Å². The fourth-order valence-corrected chi connectivity index (χ4v) is 7.79. The first-order valence-corrected chi connectivity index (χ1v) is 16.3. The van der Waals surface area contributed by atoms with Crippen molar-refractivity contribution in [2.24, 2.45) is 0 Å². The standard InChI is InChI=1S/C31H33N5O8S/c37-26-16-24(31(41)44-26)34-28(38)25-18-35(45(42,43)21-10-2-1-3-11-21)17-20-9-5-7-13-23(30(40)36(20)25)33-29(39)27-22-12-6-4-8-19(22)14-15-32-27/h1-4,6,8,10-12,14-15,20,23-25,31,41H,5,7,9,13,16-18H2,(H,33,39)(H,34,38)/t20-,23-,24?,25-,31?/m0/s1. The number of aromatic nitrogens is 1. The molecule has 236 valence electrons. The highest BCUT2D eigenvalue weighted by atomic mass is 32.2. The van der Waals surface area contributed by atoms with Gasteiger partial charge in [0.25, 0.3) is 5.91 Å². The number of nitrogens with zero attached hydrogens (tertiary/aromatic N) is 3. The van der Waals surface area contributed by atoms with Crippen molar-refractivity contribution in [3.8, 4) is 0 Å². The van der Waals surface area contributed by atoms with E-state index in [-0.39, 0.29) is 30.1 Å². The number of aliphatic hydroxyl groups is 1. The molecule has 0 aliphatic carbocycles. The number of benzene rings is 2. The lowest BCUT2D eigenvalue weighted by Crippen LogP contribution is -2.68. The third-order valence-corrected chi connectivity index (χ3v) is 10.4. The number of aliphatic hydroxyl groups excluding tert-OH is 1. The molecule has 13 nitrogen and oxygen atoms in total. The van der Waals surface area contributed by atoms with Gasteiger partial charge in [0.1, 0.15) is 23.8 Å². The van der Waals surface area contributed by atoms with E-state index in [2.05, 4.69) is 15.6 Å². The van der Waals surface area contributed by atoms with Crippen LogP contribution in [0.5, 0.6) is 0 Å². The van der Waals surface area contributed by atoms with Crippen LogP contribution in [0.15, 0.2) is 71.8 Å². The maximum atomic E-state index is 14.3. The molecule has 1 aromatic heterocycles.